The molecule has 5 nitrogen and oxygen atoms in total. The van der Waals surface area contributed by atoms with Crippen molar-refractivity contribution in [2.75, 3.05) is 6.61 Å². The van der Waals surface area contributed by atoms with Crippen LogP contribution in [0.25, 0.3) is 0 Å². The number of hydrogen-bond acceptors (Lipinski definition) is 3. The standard InChI is InChI=1S/C24H27Cl2NO4/c1-15(10-11-28)27-22(16-6-8-18(25)9-7-16)20(17-4-3-5-19(26)12-17)13-24(2,23(27)31)14-21(29)30/h3-9,12,15,20,22,28H,10-11,13-14H2,1-2H3,(H,29,30)/t15-,20+,22+,24+/m0/s1. The Morgan fingerprint density at radius 1 is 1.16 bits per heavy atom. The molecule has 2 N–H and O–H groups in total. The number of carbonyl (C=O) groups is 2. The number of carboxylic acid groups (broad SMARTS) is 1. The summed E-state index contributed by atoms with van der Waals surface area (Å²) in [5.74, 6) is -1.41. The van der Waals surface area contributed by atoms with E-state index in [9.17, 15) is 19.8 Å². The fourth-order valence-corrected chi connectivity index (χ4v) is 5.01. The largest absolute Gasteiger partial charge is 0.481 e. The fraction of sp³-hybridized carbons (Fsp3) is 0.417. The van der Waals surface area contributed by atoms with Gasteiger partial charge < -0.3 is 15.1 Å². The normalized spacial score (nSPS) is 24.8. The molecule has 1 fully saturated rings. The molecule has 2 aromatic carbocycles. The van der Waals surface area contributed by atoms with Gasteiger partial charge >= 0.3 is 5.97 Å². The first-order chi connectivity index (χ1) is 14.7. The van der Waals surface area contributed by atoms with Gasteiger partial charge in [-0.3, -0.25) is 9.59 Å². The summed E-state index contributed by atoms with van der Waals surface area (Å²) in [5.41, 5.74) is 0.772. The minimum Gasteiger partial charge on any atom is -0.481 e. The number of carboxylic acids is 1. The van der Waals surface area contributed by atoms with Gasteiger partial charge in [0, 0.05) is 28.6 Å². The third-order valence-corrected chi connectivity index (χ3v) is 6.64. The summed E-state index contributed by atoms with van der Waals surface area (Å²) < 4.78 is 0. The van der Waals surface area contributed by atoms with E-state index in [1.165, 1.54) is 0 Å². The summed E-state index contributed by atoms with van der Waals surface area (Å²) in [4.78, 5) is 27.1. The van der Waals surface area contributed by atoms with Crippen LogP contribution in [-0.4, -0.2) is 39.6 Å². The molecular weight excluding hydrogens is 437 g/mol. The fourth-order valence-electron chi connectivity index (χ4n) is 4.69. The van der Waals surface area contributed by atoms with E-state index in [1.54, 1.807) is 30.0 Å². The first-order valence-electron chi connectivity index (χ1n) is 10.3. The molecule has 0 radical (unpaired) electrons. The third-order valence-electron chi connectivity index (χ3n) is 6.15. The maximum atomic E-state index is 13.7. The summed E-state index contributed by atoms with van der Waals surface area (Å²) in [5, 5.41) is 20.3. The lowest BCUT2D eigenvalue weighted by atomic mass is 9.67. The van der Waals surface area contributed by atoms with Gasteiger partial charge in [0.1, 0.15) is 0 Å². The van der Waals surface area contributed by atoms with Gasteiger partial charge in [-0.2, -0.15) is 0 Å². The maximum Gasteiger partial charge on any atom is 0.304 e. The van der Waals surface area contributed by atoms with Crippen LogP contribution in [0.5, 0.6) is 0 Å². The number of rotatable bonds is 7. The minimum atomic E-state index is -1.08. The average molecular weight is 464 g/mol. The summed E-state index contributed by atoms with van der Waals surface area (Å²) in [6.45, 7) is 3.53. The smallest absolute Gasteiger partial charge is 0.304 e. The van der Waals surface area contributed by atoms with Gasteiger partial charge in [0.2, 0.25) is 5.91 Å². The number of likely N-dealkylation sites (tertiary alicyclic amines) is 1. The summed E-state index contributed by atoms with van der Waals surface area (Å²) in [6.07, 6.45) is 0.494. The Morgan fingerprint density at radius 3 is 2.42 bits per heavy atom. The molecule has 0 aliphatic carbocycles. The molecule has 7 heteroatoms. The molecule has 1 heterocycles. The summed E-state index contributed by atoms with van der Waals surface area (Å²) in [6, 6.07) is 14.2. The molecule has 0 saturated carbocycles. The van der Waals surface area contributed by atoms with Crippen LogP contribution in [0.2, 0.25) is 10.0 Å². The van der Waals surface area contributed by atoms with Gasteiger partial charge in [0.25, 0.3) is 0 Å². The molecule has 2 aromatic rings. The Balaban J connectivity index is 2.20. The number of nitrogens with zero attached hydrogens (tertiary/aromatic N) is 1. The molecule has 4 atom stereocenters. The van der Waals surface area contributed by atoms with E-state index in [1.807, 2.05) is 37.3 Å². The van der Waals surface area contributed by atoms with Crippen LogP contribution < -0.4 is 0 Å². The maximum absolute atomic E-state index is 13.7. The van der Waals surface area contributed by atoms with E-state index >= 15 is 0 Å². The molecular formula is C24H27Cl2NO4. The van der Waals surface area contributed by atoms with Crippen molar-refractivity contribution in [1.82, 2.24) is 4.90 Å². The quantitative estimate of drug-likeness (QED) is 0.583. The number of piperidine rings is 1. The number of carbonyl (C=O) groups excluding carboxylic acids is 1. The number of aliphatic hydroxyl groups excluding tert-OH is 1. The van der Waals surface area contributed by atoms with Crippen LogP contribution in [0.15, 0.2) is 48.5 Å². The Bertz CT molecular complexity index is 949. The third kappa shape index (κ3) is 5.05. The number of benzene rings is 2. The van der Waals surface area contributed by atoms with E-state index in [4.69, 9.17) is 23.2 Å². The number of amides is 1. The van der Waals surface area contributed by atoms with Crippen LogP contribution in [0.1, 0.15) is 56.2 Å². The van der Waals surface area contributed by atoms with Crippen LogP contribution in [0.3, 0.4) is 0 Å². The van der Waals surface area contributed by atoms with Crippen molar-refractivity contribution in [3.05, 3.63) is 69.7 Å². The molecule has 0 spiro atoms. The number of aliphatic hydroxyl groups is 1. The zero-order valence-corrected chi connectivity index (χ0v) is 19.1. The first-order valence-corrected chi connectivity index (χ1v) is 11.1. The van der Waals surface area contributed by atoms with E-state index in [2.05, 4.69) is 0 Å². The topological polar surface area (TPSA) is 77.8 Å². The van der Waals surface area contributed by atoms with Crippen molar-refractivity contribution in [1.29, 1.82) is 0 Å². The minimum absolute atomic E-state index is 0.0736. The monoisotopic (exact) mass is 463 g/mol. The number of hydrogen-bond donors (Lipinski definition) is 2. The van der Waals surface area contributed by atoms with Gasteiger partial charge in [0.15, 0.2) is 0 Å². The predicted molar refractivity (Wildman–Crippen MR) is 121 cm³/mol. The van der Waals surface area contributed by atoms with Crippen molar-refractivity contribution in [3.63, 3.8) is 0 Å². The van der Waals surface area contributed by atoms with Gasteiger partial charge in [-0.15, -0.1) is 0 Å². The lowest BCUT2D eigenvalue weighted by Gasteiger charge is -2.51. The average Bonchev–Trinajstić information content (AvgIpc) is 2.70. The lowest BCUT2D eigenvalue weighted by Crippen LogP contribution is -2.55. The molecule has 1 saturated heterocycles. The van der Waals surface area contributed by atoms with E-state index < -0.39 is 11.4 Å². The Hall–Kier alpha value is -2.08. The zero-order valence-electron chi connectivity index (χ0n) is 17.6. The van der Waals surface area contributed by atoms with Crippen LogP contribution in [0.4, 0.5) is 0 Å². The van der Waals surface area contributed by atoms with Crippen molar-refractivity contribution in [2.24, 2.45) is 5.41 Å². The van der Waals surface area contributed by atoms with Gasteiger partial charge in [-0.25, -0.2) is 0 Å². The highest BCUT2D eigenvalue weighted by molar-refractivity contribution is 6.30. The lowest BCUT2D eigenvalue weighted by molar-refractivity contribution is -0.160. The van der Waals surface area contributed by atoms with E-state index in [0.717, 1.165) is 11.1 Å². The second-order valence-electron chi connectivity index (χ2n) is 8.57. The molecule has 0 unspecified atom stereocenters. The van der Waals surface area contributed by atoms with Gasteiger partial charge in [0.05, 0.1) is 17.9 Å². The van der Waals surface area contributed by atoms with Crippen molar-refractivity contribution in [2.45, 2.75) is 51.1 Å². The van der Waals surface area contributed by atoms with E-state index in [-0.39, 0.29) is 36.9 Å². The molecule has 1 amide bonds. The molecule has 166 valence electrons. The van der Waals surface area contributed by atoms with Crippen LogP contribution in [-0.2, 0) is 9.59 Å². The molecule has 3 rings (SSSR count). The zero-order chi connectivity index (χ0) is 22.8. The molecule has 31 heavy (non-hydrogen) atoms. The Kier molecular flexibility index (Phi) is 7.30. The van der Waals surface area contributed by atoms with Gasteiger partial charge in [-0.05, 0) is 55.2 Å². The first kappa shape index (κ1) is 23.6. The SMILES string of the molecule is C[C@@H](CCO)N1C(=O)[C@@](C)(CC(=O)O)C[C@H](c2cccc(Cl)c2)[C@H]1c1ccc(Cl)cc1. The van der Waals surface area contributed by atoms with Crippen molar-refractivity contribution >= 4 is 35.1 Å². The molecule has 0 aromatic heterocycles. The van der Waals surface area contributed by atoms with Gasteiger partial charge in [-0.1, -0.05) is 54.4 Å². The second kappa shape index (κ2) is 9.60. The second-order valence-corrected chi connectivity index (χ2v) is 9.44. The predicted octanol–water partition coefficient (Wildman–Crippen LogP) is 5.30. The summed E-state index contributed by atoms with van der Waals surface area (Å²) >= 11 is 12.4. The summed E-state index contributed by atoms with van der Waals surface area (Å²) in [7, 11) is 0. The van der Waals surface area contributed by atoms with Crippen LogP contribution >= 0.6 is 23.2 Å². The Labute approximate surface area is 192 Å². The molecule has 1 aliphatic rings. The van der Waals surface area contributed by atoms with Crippen LogP contribution in [0, 0.1) is 5.41 Å². The van der Waals surface area contributed by atoms with Crippen molar-refractivity contribution < 1.29 is 19.8 Å². The number of halogens is 2. The number of aliphatic carboxylic acids is 1. The van der Waals surface area contributed by atoms with Crippen molar-refractivity contribution in [3.8, 4) is 0 Å². The Morgan fingerprint density at radius 2 is 1.84 bits per heavy atom. The van der Waals surface area contributed by atoms with E-state index in [0.29, 0.717) is 22.9 Å². The molecule has 1 aliphatic heterocycles. The highest BCUT2D eigenvalue weighted by Crippen LogP contribution is 2.52. The molecule has 0 bridgehead atoms. The highest BCUT2D eigenvalue weighted by atomic mass is 35.5. The highest BCUT2D eigenvalue weighted by Gasteiger charge is 2.51.